The van der Waals surface area contributed by atoms with E-state index in [2.05, 4.69) is 5.32 Å². The summed E-state index contributed by atoms with van der Waals surface area (Å²) in [6.45, 7) is 1.44. The lowest BCUT2D eigenvalue weighted by atomic mass is 10.1. The van der Waals surface area contributed by atoms with E-state index in [0.29, 0.717) is 5.69 Å². The van der Waals surface area contributed by atoms with Gasteiger partial charge in [0, 0.05) is 12.1 Å². The predicted molar refractivity (Wildman–Crippen MR) is 56.4 cm³/mol. The number of benzene rings is 1. The van der Waals surface area contributed by atoms with Crippen LogP contribution in [0.25, 0.3) is 0 Å². The van der Waals surface area contributed by atoms with Crippen molar-refractivity contribution in [3.05, 3.63) is 30.1 Å². The largest absolute Gasteiger partial charge is 0.481 e. The summed E-state index contributed by atoms with van der Waals surface area (Å²) >= 11 is 0. The second-order valence-corrected chi connectivity index (χ2v) is 3.50. The van der Waals surface area contributed by atoms with Crippen LogP contribution in [0.2, 0.25) is 0 Å². The first-order chi connectivity index (χ1) is 7.49. The van der Waals surface area contributed by atoms with E-state index in [0.717, 1.165) is 0 Å². The van der Waals surface area contributed by atoms with Gasteiger partial charge in [-0.1, -0.05) is 13.0 Å². The molecule has 0 fully saturated rings. The fraction of sp³-hybridized carbons (Fsp3) is 0.273. The summed E-state index contributed by atoms with van der Waals surface area (Å²) in [6, 6.07) is 5.43. The van der Waals surface area contributed by atoms with Gasteiger partial charge in [-0.15, -0.1) is 0 Å². The summed E-state index contributed by atoms with van der Waals surface area (Å²) in [5.74, 6) is -2.69. The number of anilines is 1. The zero-order valence-corrected chi connectivity index (χ0v) is 8.74. The lowest BCUT2D eigenvalue weighted by Crippen LogP contribution is -2.19. The number of rotatable bonds is 4. The van der Waals surface area contributed by atoms with E-state index < -0.39 is 23.6 Å². The number of carboxylic acids is 1. The van der Waals surface area contributed by atoms with Gasteiger partial charge in [-0.2, -0.15) is 0 Å². The first-order valence-corrected chi connectivity index (χ1v) is 4.77. The van der Waals surface area contributed by atoms with Gasteiger partial charge in [0.2, 0.25) is 5.91 Å². The normalized spacial score (nSPS) is 11.9. The highest BCUT2D eigenvalue weighted by Crippen LogP contribution is 2.11. The maximum absolute atomic E-state index is 12.8. The van der Waals surface area contributed by atoms with Crippen LogP contribution in [0.15, 0.2) is 24.3 Å². The van der Waals surface area contributed by atoms with Crippen LogP contribution in [0, 0.1) is 11.7 Å². The van der Waals surface area contributed by atoms with E-state index in [1.54, 1.807) is 0 Å². The Labute approximate surface area is 92.1 Å². The number of carboxylic acid groups (broad SMARTS) is 1. The molecule has 0 aliphatic carbocycles. The van der Waals surface area contributed by atoms with Gasteiger partial charge in [-0.05, 0) is 18.2 Å². The average molecular weight is 225 g/mol. The molecule has 0 saturated heterocycles. The molecule has 5 heteroatoms. The highest BCUT2D eigenvalue weighted by molar-refractivity contribution is 5.92. The average Bonchev–Trinajstić information content (AvgIpc) is 2.16. The second kappa shape index (κ2) is 5.25. The van der Waals surface area contributed by atoms with Crippen LogP contribution in [-0.2, 0) is 9.59 Å². The number of aliphatic carboxylic acids is 1. The van der Waals surface area contributed by atoms with E-state index in [1.165, 1.54) is 31.2 Å². The molecule has 1 aromatic carbocycles. The zero-order chi connectivity index (χ0) is 12.1. The smallest absolute Gasteiger partial charge is 0.306 e. The molecule has 86 valence electrons. The van der Waals surface area contributed by atoms with Gasteiger partial charge < -0.3 is 10.4 Å². The molecule has 1 amide bonds. The Bertz CT molecular complexity index is 406. The molecule has 0 aliphatic rings. The highest BCUT2D eigenvalue weighted by Gasteiger charge is 2.15. The van der Waals surface area contributed by atoms with Gasteiger partial charge in [0.1, 0.15) is 5.82 Å². The number of hydrogen-bond donors (Lipinski definition) is 2. The summed E-state index contributed by atoms with van der Waals surface area (Å²) in [5.41, 5.74) is 0.322. The topological polar surface area (TPSA) is 66.4 Å². The van der Waals surface area contributed by atoms with Crippen LogP contribution < -0.4 is 5.32 Å². The van der Waals surface area contributed by atoms with E-state index in [1.807, 2.05) is 0 Å². The van der Waals surface area contributed by atoms with Gasteiger partial charge in [-0.3, -0.25) is 9.59 Å². The Balaban J connectivity index is 2.55. The summed E-state index contributed by atoms with van der Waals surface area (Å²) in [4.78, 5) is 21.8. The standard InChI is InChI=1S/C11H12FNO3/c1-7(11(15)16)5-10(14)13-9-4-2-3-8(12)6-9/h2-4,6-7H,5H2,1H3,(H,13,14)(H,15,16). The zero-order valence-electron chi connectivity index (χ0n) is 8.74. The molecular formula is C11H12FNO3. The Hall–Kier alpha value is -1.91. The van der Waals surface area contributed by atoms with Crippen molar-refractivity contribution < 1.29 is 19.1 Å². The van der Waals surface area contributed by atoms with Gasteiger partial charge >= 0.3 is 5.97 Å². The highest BCUT2D eigenvalue weighted by atomic mass is 19.1. The molecule has 0 radical (unpaired) electrons. The molecule has 1 unspecified atom stereocenters. The van der Waals surface area contributed by atoms with E-state index in [9.17, 15) is 14.0 Å². The first kappa shape index (κ1) is 12.2. The lowest BCUT2D eigenvalue weighted by Gasteiger charge is -2.07. The molecule has 0 aromatic heterocycles. The van der Waals surface area contributed by atoms with Crippen molar-refractivity contribution in [2.45, 2.75) is 13.3 Å². The summed E-state index contributed by atoms with van der Waals surface area (Å²) < 4.78 is 12.8. The van der Waals surface area contributed by atoms with Gasteiger partial charge in [0.05, 0.1) is 5.92 Å². The number of amides is 1. The molecule has 0 spiro atoms. The third-order valence-electron chi connectivity index (χ3n) is 2.02. The monoisotopic (exact) mass is 225 g/mol. The second-order valence-electron chi connectivity index (χ2n) is 3.50. The minimum absolute atomic E-state index is 0.133. The van der Waals surface area contributed by atoms with Gasteiger partial charge in [0.15, 0.2) is 0 Å². The predicted octanol–water partition coefficient (Wildman–Crippen LogP) is 1.88. The van der Waals surface area contributed by atoms with Crippen molar-refractivity contribution in [1.82, 2.24) is 0 Å². The van der Waals surface area contributed by atoms with E-state index in [-0.39, 0.29) is 6.42 Å². The Morgan fingerprint density at radius 3 is 2.75 bits per heavy atom. The molecule has 16 heavy (non-hydrogen) atoms. The molecule has 1 aromatic rings. The fourth-order valence-electron chi connectivity index (χ4n) is 1.14. The van der Waals surface area contributed by atoms with Crippen molar-refractivity contribution in [2.75, 3.05) is 5.32 Å². The minimum atomic E-state index is -1.03. The molecule has 0 heterocycles. The first-order valence-electron chi connectivity index (χ1n) is 4.77. The van der Waals surface area contributed by atoms with Crippen LogP contribution in [0.1, 0.15) is 13.3 Å². The summed E-state index contributed by atoms with van der Waals surface area (Å²) in [7, 11) is 0. The number of carbonyl (C=O) groups is 2. The summed E-state index contributed by atoms with van der Waals surface area (Å²) in [6.07, 6.45) is -0.133. The van der Waals surface area contributed by atoms with Crippen molar-refractivity contribution in [3.63, 3.8) is 0 Å². The Morgan fingerprint density at radius 1 is 1.50 bits per heavy atom. The van der Waals surface area contributed by atoms with Gasteiger partial charge in [0.25, 0.3) is 0 Å². The third-order valence-corrected chi connectivity index (χ3v) is 2.02. The Morgan fingerprint density at radius 2 is 2.19 bits per heavy atom. The van der Waals surface area contributed by atoms with Gasteiger partial charge in [-0.25, -0.2) is 4.39 Å². The van der Waals surface area contributed by atoms with Crippen molar-refractivity contribution >= 4 is 17.6 Å². The molecule has 0 aliphatic heterocycles. The molecule has 4 nitrogen and oxygen atoms in total. The maximum Gasteiger partial charge on any atom is 0.306 e. The van der Waals surface area contributed by atoms with Crippen molar-refractivity contribution in [3.8, 4) is 0 Å². The van der Waals surface area contributed by atoms with Crippen LogP contribution in [0.5, 0.6) is 0 Å². The fourth-order valence-corrected chi connectivity index (χ4v) is 1.14. The molecule has 0 saturated carbocycles. The maximum atomic E-state index is 12.8. The molecule has 0 bridgehead atoms. The van der Waals surface area contributed by atoms with Crippen molar-refractivity contribution in [2.24, 2.45) is 5.92 Å². The number of halogens is 1. The third kappa shape index (κ3) is 3.68. The van der Waals surface area contributed by atoms with Crippen molar-refractivity contribution in [1.29, 1.82) is 0 Å². The number of nitrogens with one attached hydrogen (secondary N) is 1. The lowest BCUT2D eigenvalue weighted by molar-refractivity contribution is -0.142. The van der Waals surface area contributed by atoms with Crippen LogP contribution in [0.4, 0.5) is 10.1 Å². The molecule has 2 N–H and O–H groups in total. The Kier molecular flexibility index (Phi) is 3.99. The number of hydrogen-bond acceptors (Lipinski definition) is 2. The van der Waals surface area contributed by atoms with E-state index in [4.69, 9.17) is 5.11 Å². The molecule has 1 atom stereocenters. The van der Waals surface area contributed by atoms with Crippen LogP contribution >= 0.6 is 0 Å². The SMILES string of the molecule is CC(CC(=O)Nc1cccc(F)c1)C(=O)O. The number of carbonyl (C=O) groups excluding carboxylic acids is 1. The minimum Gasteiger partial charge on any atom is -0.481 e. The summed E-state index contributed by atoms with van der Waals surface area (Å²) in [5, 5.41) is 11.0. The molecule has 1 rings (SSSR count). The van der Waals surface area contributed by atoms with E-state index >= 15 is 0 Å². The van der Waals surface area contributed by atoms with Crippen LogP contribution in [0.3, 0.4) is 0 Å². The molecular weight excluding hydrogens is 213 g/mol. The van der Waals surface area contributed by atoms with Crippen LogP contribution in [-0.4, -0.2) is 17.0 Å². The quantitative estimate of drug-likeness (QED) is 0.822.